The Balaban J connectivity index is 1.90. The molecule has 2 unspecified atom stereocenters. The molecule has 24 heavy (non-hydrogen) atoms. The third kappa shape index (κ3) is 3.26. The van der Waals surface area contributed by atoms with Crippen LogP contribution in [0.5, 0.6) is 0 Å². The molecule has 9 heteroatoms. The maximum absolute atomic E-state index is 12.5. The first-order valence-electron chi connectivity index (χ1n) is 6.93. The number of hydrogen-bond acceptors (Lipinski definition) is 5. The fourth-order valence-electron chi connectivity index (χ4n) is 2.36. The second-order valence-corrected chi connectivity index (χ2v) is 9.15. The number of H-pyrrole nitrogens is 1. The van der Waals surface area contributed by atoms with Crippen LogP contribution in [0.2, 0.25) is 0 Å². The van der Waals surface area contributed by atoms with Crippen LogP contribution >= 0.6 is 11.3 Å². The Morgan fingerprint density at radius 3 is 2.92 bits per heavy atom. The molecule has 0 bridgehead atoms. The quantitative estimate of drug-likeness (QED) is 0.713. The molecule has 2 aromatic heterocycles. The number of hydrogen-bond donors (Lipinski definition) is 2. The monoisotopic (exact) mass is 378 g/mol. The number of fused-ring (bicyclic) bond motifs is 1. The van der Waals surface area contributed by atoms with Crippen LogP contribution in [0.4, 0.5) is 5.69 Å². The lowest BCUT2D eigenvalue weighted by Crippen LogP contribution is -2.03. The molecule has 0 amide bonds. The number of rotatable bonds is 5. The van der Waals surface area contributed by atoms with Gasteiger partial charge in [-0.2, -0.15) is 5.26 Å². The summed E-state index contributed by atoms with van der Waals surface area (Å²) < 4.78 is 27.3. The fraction of sp³-hybridized carbons (Fsp3) is 0.200. The predicted molar refractivity (Wildman–Crippen MR) is 97.7 cm³/mol. The van der Waals surface area contributed by atoms with E-state index in [1.807, 2.05) is 19.1 Å². The SMILES string of the molecule is Cc1ccc(NS(=O)c2cnc(CS(C)=O)s2)c2[nH]cc(C#N)c12. The smallest absolute Gasteiger partial charge is 0.162 e. The van der Waals surface area contributed by atoms with Crippen molar-refractivity contribution >= 4 is 49.7 Å². The molecular weight excluding hydrogens is 364 g/mol. The third-order valence-electron chi connectivity index (χ3n) is 3.41. The summed E-state index contributed by atoms with van der Waals surface area (Å²) in [4.78, 5) is 7.22. The molecule has 124 valence electrons. The van der Waals surface area contributed by atoms with Gasteiger partial charge in [0, 0.05) is 28.6 Å². The van der Waals surface area contributed by atoms with Gasteiger partial charge >= 0.3 is 0 Å². The van der Waals surface area contributed by atoms with Gasteiger partial charge < -0.3 is 4.98 Å². The lowest BCUT2D eigenvalue weighted by atomic mass is 10.1. The zero-order valence-electron chi connectivity index (χ0n) is 13.0. The molecule has 0 saturated heterocycles. The van der Waals surface area contributed by atoms with Crippen LogP contribution in [0, 0.1) is 18.3 Å². The summed E-state index contributed by atoms with van der Waals surface area (Å²) in [6, 6.07) is 5.87. The topological polar surface area (TPSA) is 98.6 Å². The molecule has 2 atom stereocenters. The van der Waals surface area contributed by atoms with Crippen LogP contribution in [-0.2, 0) is 27.5 Å². The molecule has 0 spiro atoms. The fourth-order valence-corrected chi connectivity index (χ4v) is 5.30. The standard InChI is InChI=1S/C15H14N4O2S3/c1-9-3-4-11(15-14(9)10(5-16)6-18-15)19-24(21)13-7-17-12(22-13)8-23(2)20/h3-4,6-7,18-19H,8H2,1-2H3. The first-order chi connectivity index (χ1) is 11.5. The Morgan fingerprint density at radius 2 is 2.21 bits per heavy atom. The molecule has 6 nitrogen and oxygen atoms in total. The summed E-state index contributed by atoms with van der Waals surface area (Å²) in [6.45, 7) is 1.93. The second-order valence-electron chi connectivity index (χ2n) is 5.16. The molecule has 0 saturated carbocycles. The van der Waals surface area contributed by atoms with Crippen molar-refractivity contribution in [3.8, 4) is 6.07 Å². The largest absolute Gasteiger partial charge is 0.358 e. The minimum absolute atomic E-state index is 0.360. The van der Waals surface area contributed by atoms with Crippen LogP contribution in [0.15, 0.2) is 28.7 Å². The second kappa shape index (κ2) is 6.84. The van der Waals surface area contributed by atoms with Crippen LogP contribution in [0.25, 0.3) is 10.9 Å². The van der Waals surface area contributed by atoms with E-state index in [-0.39, 0.29) is 0 Å². The Bertz CT molecular complexity index is 1000. The molecule has 2 heterocycles. The first kappa shape index (κ1) is 16.8. The van der Waals surface area contributed by atoms with Gasteiger partial charge in [-0.05, 0) is 18.6 Å². The molecule has 3 aromatic rings. The van der Waals surface area contributed by atoms with Gasteiger partial charge in [-0.15, -0.1) is 11.3 Å². The maximum atomic E-state index is 12.5. The molecule has 1 aromatic carbocycles. The minimum Gasteiger partial charge on any atom is -0.358 e. The van der Waals surface area contributed by atoms with Gasteiger partial charge in [0.2, 0.25) is 0 Å². The Kier molecular flexibility index (Phi) is 4.80. The molecule has 3 rings (SSSR count). The first-order valence-corrected chi connectivity index (χ1v) is 10.6. The minimum atomic E-state index is -1.48. The van der Waals surface area contributed by atoms with Gasteiger partial charge in [0.1, 0.15) is 15.3 Å². The van der Waals surface area contributed by atoms with Crippen LogP contribution in [0.1, 0.15) is 16.1 Å². The summed E-state index contributed by atoms with van der Waals surface area (Å²) in [6.07, 6.45) is 4.79. The number of aryl methyl sites for hydroxylation is 1. The van der Waals surface area contributed by atoms with E-state index in [2.05, 4.69) is 20.8 Å². The van der Waals surface area contributed by atoms with Gasteiger partial charge in [-0.25, -0.2) is 9.19 Å². The van der Waals surface area contributed by atoms with Crippen molar-refractivity contribution in [2.45, 2.75) is 16.9 Å². The highest BCUT2D eigenvalue weighted by Gasteiger charge is 2.14. The summed E-state index contributed by atoms with van der Waals surface area (Å²) >= 11 is 1.28. The molecule has 2 N–H and O–H groups in total. The molecular formula is C15H14N4O2S3. The van der Waals surface area contributed by atoms with E-state index >= 15 is 0 Å². The molecule has 0 aliphatic heterocycles. The Morgan fingerprint density at radius 1 is 1.42 bits per heavy atom. The molecule has 0 aliphatic carbocycles. The van der Waals surface area contributed by atoms with E-state index < -0.39 is 21.8 Å². The Hall–Kier alpha value is -2.02. The van der Waals surface area contributed by atoms with Gasteiger partial charge in [-0.1, -0.05) is 6.07 Å². The maximum Gasteiger partial charge on any atom is 0.162 e. The predicted octanol–water partition coefficient (Wildman–Crippen LogP) is 2.82. The van der Waals surface area contributed by atoms with Crippen molar-refractivity contribution < 1.29 is 8.42 Å². The summed E-state index contributed by atoms with van der Waals surface area (Å²) in [5.41, 5.74) is 2.94. The van der Waals surface area contributed by atoms with Crippen molar-refractivity contribution in [3.63, 3.8) is 0 Å². The number of aromatic nitrogens is 2. The van der Waals surface area contributed by atoms with Crippen molar-refractivity contribution in [3.05, 3.63) is 40.7 Å². The van der Waals surface area contributed by atoms with Crippen molar-refractivity contribution in [2.24, 2.45) is 0 Å². The normalized spacial score (nSPS) is 13.5. The van der Waals surface area contributed by atoms with Crippen molar-refractivity contribution in [1.29, 1.82) is 5.26 Å². The number of aromatic amines is 1. The highest BCUT2D eigenvalue weighted by molar-refractivity contribution is 7.88. The van der Waals surface area contributed by atoms with Gasteiger partial charge in [-0.3, -0.25) is 8.93 Å². The van der Waals surface area contributed by atoms with Gasteiger partial charge in [0.15, 0.2) is 11.0 Å². The highest BCUT2D eigenvalue weighted by atomic mass is 32.2. The zero-order chi connectivity index (χ0) is 17.3. The van der Waals surface area contributed by atoms with E-state index in [0.29, 0.717) is 26.2 Å². The van der Waals surface area contributed by atoms with Gasteiger partial charge in [0.25, 0.3) is 0 Å². The number of benzene rings is 1. The van der Waals surface area contributed by atoms with E-state index in [1.54, 1.807) is 12.5 Å². The number of anilines is 1. The summed E-state index contributed by atoms with van der Waals surface area (Å²) in [7, 11) is -2.46. The molecule has 0 radical (unpaired) electrons. The Labute approximate surface area is 148 Å². The lowest BCUT2D eigenvalue weighted by Gasteiger charge is -2.07. The van der Waals surface area contributed by atoms with Gasteiger partial charge in [0.05, 0.1) is 28.7 Å². The summed E-state index contributed by atoms with van der Waals surface area (Å²) in [5, 5.41) is 10.7. The molecule has 0 fully saturated rings. The summed E-state index contributed by atoms with van der Waals surface area (Å²) in [5.74, 6) is 0.360. The average molecular weight is 379 g/mol. The number of nitrogens with zero attached hydrogens (tertiary/aromatic N) is 2. The number of thiazole rings is 1. The van der Waals surface area contributed by atoms with E-state index in [4.69, 9.17) is 0 Å². The third-order valence-corrected chi connectivity index (χ3v) is 6.64. The lowest BCUT2D eigenvalue weighted by molar-refractivity contribution is 0.686. The van der Waals surface area contributed by atoms with Crippen LogP contribution in [-0.4, -0.2) is 24.6 Å². The number of nitriles is 1. The van der Waals surface area contributed by atoms with E-state index in [1.165, 1.54) is 17.5 Å². The molecule has 0 aliphatic rings. The average Bonchev–Trinajstić information content (AvgIpc) is 3.16. The van der Waals surface area contributed by atoms with Crippen molar-refractivity contribution in [1.82, 2.24) is 9.97 Å². The van der Waals surface area contributed by atoms with Crippen LogP contribution < -0.4 is 4.72 Å². The number of nitrogens with one attached hydrogen (secondary N) is 2. The highest BCUT2D eigenvalue weighted by Crippen LogP contribution is 2.30. The zero-order valence-corrected chi connectivity index (χ0v) is 15.4. The van der Waals surface area contributed by atoms with E-state index in [0.717, 1.165) is 16.5 Å². The van der Waals surface area contributed by atoms with E-state index in [9.17, 15) is 13.7 Å². The van der Waals surface area contributed by atoms with Crippen molar-refractivity contribution in [2.75, 3.05) is 11.0 Å². The van der Waals surface area contributed by atoms with Crippen LogP contribution in [0.3, 0.4) is 0 Å².